The first kappa shape index (κ1) is 14.5. The smallest absolute Gasteiger partial charge is 0.245 e. The van der Waals surface area contributed by atoms with E-state index >= 15 is 0 Å². The van der Waals surface area contributed by atoms with Crippen molar-refractivity contribution in [2.24, 2.45) is 0 Å². The Labute approximate surface area is 127 Å². The van der Waals surface area contributed by atoms with E-state index in [1.54, 1.807) is 0 Å². The van der Waals surface area contributed by atoms with Gasteiger partial charge in [-0.1, -0.05) is 0 Å². The zero-order valence-corrected chi connectivity index (χ0v) is 12.8. The van der Waals surface area contributed by atoms with Crippen LogP contribution in [-0.4, -0.2) is 18.8 Å². The summed E-state index contributed by atoms with van der Waals surface area (Å²) in [6.45, 7) is 0.327. The fourth-order valence-corrected chi connectivity index (χ4v) is 4.65. The highest BCUT2D eigenvalue weighted by molar-refractivity contribution is 7.89. The van der Waals surface area contributed by atoms with Gasteiger partial charge in [0.05, 0.1) is 5.69 Å². The van der Waals surface area contributed by atoms with E-state index in [0.29, 0.717) is 6.54 Å². The molecule has 2 N–H and O–H groups in total. The molecule has 0 unspecified atom stereocenters. The molecule has 0 radical (unpaired) electrons. The Bertz CT molecular complexity index is 740. The highest BCUT2D eigenvalue weighted by Crippen LogP contribution is 2.35. The van der Waals surface area contributed by atoms with Crippen LogP contribution in [-0.2, 0) is 16.6 Å². The SMILES string of the molecule is Nc1cc(F)ccc1S(=O)(=O)N(Cc1ccsc1)C1CC1. The second-order valence-electron chi connectivity index (χ2n) is 5.10. The number of hydrogen-bond donors (Lipinski definition) is 1. The van der Waals surface area contributed by atoms with Crippen LogP contribution in [0.4, 0.5) is 10.1 Å². The summed E-state index contributed by atoms with van der Waals surface area (Å²) in [4.78, 5) is -0.0222. The minimum atomic E-state index is -3.72. The van der Waals surface area contributed by atoms with Gasteiger partial charge in [-0.25, -0.2) is 12.8 Å². The van der Waals surface area contributed by atoms with Crippen molar-refractivity contribution in [3.8, 4) is 0 Å². The van der Waals surface area contributed by atoms with Crippen LogP contribution in [0, 0.1) is 5.82 Å². The zero-order valence-electron chi connectivity index (χ0n) is 11.2. The highest BCUT2D eigenvalue weighted by Gasteiger charge is 2.38. The summed E-state index contributed by atoms with van der Waals surface area (Å²) in [5.74, 6) is -0.540. The molecule has 3 rings (SSSR count). The Hall–Kier alpha value is -1.44. The zero-order chi connectivity index (χ0) is 15.0. The summed E-state index contributed by atoms with van der Waals surface area (Å²) in [6.07, 6.45) is 1.70. The number of sulfonamides is 1. The summed E-state index contributed by atoms with van der Waals surface area (Å²) >= 11 is 1.53. The van der Waals surface area contributed by atoms with Crippen LogP contribution >= 0.6 is 11.3 Å². The average Bonchev–Trinajstić information content (AvgIpc) is 3.11. The molecule has 1 fully saturated rings. The predicted molar refractivity (Wildman–Crippen MR) is 80.9 cm³/mol. The lowest BCUT2D eigenvalue weighted by Crippen LogP contribution is -2.33. The minimum absolute atomic E-state index is 0.0133. The number of nitrogen functional groups attached to an aromatic ring is 1. The van der Waals surface area contributed by atoms with E-state index < -0.39 is 15.8 Å². The van der Waals surface area contributed by atoms with Gasteiger partial charge in [0, 0.05) is 12.6 Å². The van der Waals surface area contributed by atoms with Gasteiger partial charge < -0.3 is 5.73 Å². The largest absolute Gasteiger partial charge is 0.398 e. The molecule has 1 aliphatic carbocycles. The van der Waals surface area contributed by atoms with E-state index in [2.05, 4.69) is 0 Å². The fraction of sp³-hybridized carbons (Fsp3) is 0.286. The maximum absolute atomic E-state index is 13.1. The number of halogens is 1. The van der Waals surface area contributed by atoms with E-state index in [4.69, 9.17) is 5.73 Å². The molecule has 1 aliphatic rings. The van der Waals surface area contributed by atoms with Gasteiger partial charge in [-0.05, 0) is 53.4 Å². The van der Waals surface area contributed by atoms with Gasteiger partial charge in [0.2, 0.25) is 10.0 Å². The third kappa shape index (κ3) is 2.95. The van der Waals surface area contributed by atoms with Crippen LogP contribution in [0.1, 0.15) is 18.4 Å². The molecule has 1 aromatic heterocycles. The number of thiophene rings is 1. The van der Waals surface area contributed by atoms with Crippen molar-refractivity contribution in [1.29, 1.82) is 0 Å². The van der Waals surface area contributed by atoms with E-state index in [9.17, 15) is 12.8 Å². The van der Waals surface area contributed by atoms with Gasteiger partial charge in [-0.3, -0.25) is 0 Å². The summed E-state index contributed by atoms with van der Waals surface area (Å²) in [7, 11) is -3.72. The molecule has 0 aliphatic heterocycles. The molecule has 0 atom stereocenters. The molecule has 0 spiro atoms. The van der Waals surface area contributed by atoms with Crippen LogP contribution in [0.3, 0.4) is 0 Å². The van der Waals surface area contributed by atoms with E-state index in [-0.39, 0.29) is 16.6 Å². The van der Waals surface area contributed by atoms with Crippen LogP contribution < -0.4 is 5.73 Å². The van der Waals surface area contributed by atoms with Crippen LogP contribution in [0.15, 0.2) is 39.9 Å². The van der Waals surface area contributed by atoms with Crippen molar-refractivity contribution in [2.75, 3.05) is 5.73 Å². The van der Waals surface area contributed by atoms with Gasteiger partial charge in [0.25, 0.3) is 0 Å². The number of benzene rings is 1. The molecular weight excluding hydrogens is 311 g/mol. The maximum atomic E-state index is 13.1. The number of anilines is 1. The Morgan fingerprint density at radius 1 is 1.33 bits per heavy atom. The third-order valence-corrected chi connectivity index (χ3v) is 6.14. The summed E-state index contributed by atoms with van der Waals surface area (Å²) in [6, 6.07) is 5.33. The van der Waals surface area contributed by atoms with E-state index in [1.165, 1.54) is 21.7 Å². The third-order valence-electron chi connectivity index (χ3n) is 3.43. The molecule has 1 saturated carbocycles. The van der Waals surface area contributed by atoms with Gasteiger partial charge >= 0.3 is 0 Å². The van der Waals surface area contributed by atoms with Crippen molar-refractivity contribution in [2.45, 2.75) is 30.3 Å². The topological polar surface area (TPSA) is 63.4 Å². The van der Waals surface area contributed by atoms with Crippen LogP contribution in [0.25, 0.3) is 0 Å². The number of hydrogen-bond acceptors (Lipinski definition) is 4. The molecule has 4 nitrogen and oxygen atoms in total. The molecule has 0 bridgehead atoms. The van der Waals surface area contributed by atoms with Crippen molar-refractivity contribution in [3.05, 3.63) is 46.4 Å². The second-order valence-corrected chi connectivity index (χ2v) is 7.73. The van der Waals surface area contributed by atoms with Crippen molar-refractivity contribution >= 4 is 27.0 Å². The molecule has 112 valence electrons. The lowest BCUT2D eigenvalue weighted by atomic mass is 10.3. The van der Waals surface area contributed by atoms with Crippen LogP contribution in [0.5, 0.6) is 0 Å². The van der Waals surface area contributed by atoms with Gasteiger partial charge in [-0.15, -0.1) is 0 Å². The summed E-state index contributed by atoms with van der Waals surface area (Å²) < 4.78 is 40.2. The van der Waals surface area contributed by atoms with Crippen molar-refractivity contribution in [3.63, 3.8) is 0 Å². The lowest BCUT2D eigenvalue weighted by molar-refractivity contribution is 0.399. The first-order valence-corrected chi connectivity index (χ1v) is 8.95. The number of rotatable bonds is 5. The molecular formula is C14H15FN2O2S2. The quantitative estimate of drug-likeness (QED) is 0.859. The first-order chi connectivity index (χ1) is 9.98. The Morgan fingerprint density at radius 2 is 2.10 bits per heavy atom. The normalized spacial score (nSPS) is 15.5. The van der Waals surface area contributed by atoms with Gasteiger partial charge in [0.1, 0.15) is 10.7 Å². The van der Waals surface area contributed by atoms with Crippen molar-refractivity contribution < 1.29 is 12.8 Å². The van der Waals surface area contributed by atoms with Gasteiger partial charge in [0.15, 0.2) is 0 Å². The fourth-order valence-electron chi connectivity index (χ4n) is 2.22. The standard InChI is InChI=1S/C14H15FN2O2S2/c15-11-1-4-14(13(16)7-11)21(18,19)17(12-2-3-12)8-10-5-6-20-9-10/h1,4-7,9,12H,2-3,8,16H2. The van der Waals surface area contributed by atoms with Crippen molar-refractivity contribution in [1.82, 2.24) is 4.31 Å². The van der Waals surface area contributed by atoms with E-state index in [1.807, 2.05) is 16.8 Å². The Kier molecular flexibility index (Phi) is 3.73. The monoisotopic (exact) mass is 326 g/mol. The lowest BCUT2D eigenvalue weighted by Gasteiger charge is -2.22. The predicted octanol–water partition coefficient (Wildman–Crippen LogP) is 2.82. The second kappa shape index (κ2) is 5.40. The van der Waals surface area contributed by atoms with Crippen LogP contribution in [0.2, 0.25) is 0 Å². The minimum Gasteiger partial charge on any atom is -0.398 e. The maximum Gasteiger partial charge on any atom is 0.245 e. The molecule has 0 amide bonds. The molecule has 7 heteroatoms. The molecule has 21 heavy (non-hydrogen) atoms. The summed E-state index contributed by atoms with van der Waals surface area (Å²) in [5, 5.41) is 3.85. The Balaban J connectivity index is 1.97. The molecule has 0 saturated heterocycles. The molecule has 2 aromatic rings. The first-order valence-electron chi connectivity index (χ1n) is 6.56. The molecule has 1 heterocycles. The average molecular weight is 326 g/mol. The summed E-state index contributed by atoms with van der Waals surface area (Å²) in [5.41, 5.74) is 6.60. The highest BCUT2D eigenvalue weighted by atomic mass is 32.2. The number of nitrogens with zero attached hydrogens (tertiary/aromatic N) is 1. The van der Waals surface area contributed by atoms with Gasteiger partial charge in [-0.2, -0.15) is 15.6 Å². The number of nitrogens with two attached hydrogens (primary N) is 1. The Morgan fingerprint density at radius 3 is 2.67 bits per heavy atom. The van der Waals surface area contributed by atoms with E-state index in [0.717, 1.165) is 30.5 Å². The molecule has 1 aromatic carbocycles.